The first kappa shape index (κ1) is 19.2. The van der Waals surface area contributed by atoms with E-state index < -0.39 is 29.9 Å². The van der Waals surface area contributed by atoms with Crippen LogP contribution < -0.4 is 10.5 Å². The van der Waals surface area contributed by atoms with Gasteiger partial charge >= 0.3 is 6.09 Å². The first-order chi connectivity index (χ1) is 11.6. The van der Waals surface area contributed by atoms with Gasteiger partial charge in [-0.2, -0.15) is 0 Å². The van der Waals surface area contributed by atoms with E-state index in [4.69, 9.17) is 26.8 Å². The van der Waals surface area contributed by atoms with Gasteiger partial charge in [-0.15, -0.1) is 0 Å². The zero-order chi connectivity index (χ0) is 18.8. The maximum atomic E-state index is 14.5. The SMILES string of the molecule is CC(C)(C)OC(=O)N1CC[C@@H](Oc2nc(Cl)ccc2C(N)=O)[C@@H](F)C1. The molecule has 2 heterocycles. The Morgan fingerprint density at radius 1 is 1.40 bits per heavy atom. The zero-order valence-electron chi connectivity index (χ0n) is 14.3. The molecule has 2 amide bonds. The lowest BCUT2D eigenvalue weighted by atomic mass is 10.1. The third-order valence-corrected chi connectivity index (χ3v) is 3.70. The molecule has 9 heteroatoms. The summed E-state index contributed by atoms with van der Waals surface area (Å²) in [6, 6.07) is 2.77. The summed E-state index contributed by atoms with van der Waals surface area (Å²) in [5.74, 6) is -0.862. The number of pyridine rings is 1. The average Bonchev–Trinajstić information content (AvgIpc) is 2.47. The molecule has 1 saturated heterocycles. The van der Waals surface area contributed by atoms with Crippen molar-refractivity contribution in [2.45, 2.75) is 45.1 Å². The van der Waals surface area contributed by atoms with Gasteiger partial charge in [-0.05, 0) is 32.9 Å². The number of nitrogens with zero attached hydrogens (tertiary/aromatic N) is 2. The number of carbonyl (C=O) groups is 2. The van der Waals surface area contributed by atoms with E-state index in [-0.39, 0.29) is 36.1 Å². The second-order valence-corrected chi connectivity index (χ2v) is 7.13. The van der Waals surface area contributed by atoms with Crippen molar-refractivity contribution in [3.63, 3.8) is 0 Å². The summed E-state index contributed by atoms with van der Waals surface area (Å²) in [6.07, 6.45) is -2.70. The standard InChI is InChI=1S/C16H21ClFN3O4/c1-16(2,3)25-15(23)21-7-6-11(10(18)8-21)24-14-9(13(19)22)4-5-12(17)20-14/h4-5,10-11H,6-8H2,1-3H3,(H2,19,22)/t10-,11+/m0/s1. The van der Waals surface area contributed by atoms with Crippen molar-refractivity contribution in [3.05, 3.63) is 22.8 Å². The smallest absolute Gasteiger partial charge is 0.410 e. The lowest BCUT2D eigenvalue weighted by Gasteiger charge is -2.35. The van der Waals surface area contributed by atoms with Gasteiger partial charge in [-0.3, -0.25) is 4.79 Å². The van der Waals surface area contributed by atoms with Crippen molar-refractivity contribution in [1.82, 2.24) is 9.88 Å². The van der Waals surface area contributed by atoms with E-state index in [0.717, 1.165) is 0 Å². The van der Waals surface area contributed by atoms with Gasteiger partial charge < -0.3 is 20.1 Å². The number of rotatable bonds is 3. The van der Waals surface area contributed by atoms with E-state index in [0.29, 0.717) is 0 Å². The normalized spacial score (nSPS) is 20.9. The number of aromatic nitrogens is 1. The van der Waals surface area contributed by atoms with E-state index in [2.05, 4.69) is 4.98 Å². The lowest BCUT2D eigenvalue weighted by molar-refractivity contribution is -0.0115. The molecule has 0 spiro atoms. The van der Waals surface area contributed by atoms with Crippen LogP contribution in [0.1, 0.15) is 37.6 Å². The summed E-state index contributed by atoms with van der Waals surface area (Å²) < 4.78 is 25.2. The van der Waals surface area contributed by atoms with Gasteiger partial charge in [0.25, 0.3) is 5.91 Å². The van der Waals surface area contributed by atoms with Crippen molar-refractivity contribution >= 4 is 23.6 Å². The monoisotopic (exact) mass is 373 g/mol. The summed E-state index contributed by atoms with van der Waals surface area (Å²) in [5, 5.41) is 0.0987. The summed E-state index contributed by atoms with van der Waals surface area (Å²) in [6.45, 7) is 5.30. The first-order valence-corrected chi connectivity index (χ1v) is 8.19. The average molecular weight is 374 g/mol. The van der Waals surface area contributed by atoms with Crippen LogP contribution in [0, 0.1) is 0 Å². The van der Waals surface area contributed by atoms with Crippen LogP contribution in [0.15, 0.2) is 12.1 Å². The highest BCUT2D eigenvalue weighted by Crippen LogP contribution is 2.25. The van der Waals surface area contributed by atoms with Crippen LogP contribution in [0.4, 0.5) is 9.18 Å². The number of carbonyl (C=O) groups excluding carboxylic acids is 2. The molecule has 0 bridgehead atoms. The Kier molecular flexibility index (Phi) is 5.72. The molecule has 0 radical (unpaired) electrons. The Morgan fingerprint density at radius 3 is 2.64 bits per heavy atom. The quantitative estimate of drug-likeness (QED) is 0.821. The molecule has 1 aliphatic heterocycles. The first-order valence-electron chi connectivity index (χ1n) is 7.82. The second kappa shape index (κ2) is 7.43. The van der Waals surface area contributed by atoms with Gasteiger partial charge in [0.1, 0.15) is 22.4 Å². The van der Waals surface area contributed by atoms with Crippen LogP contribution in [0.2, 0.25) is 5.15 Å². The third kappa shape index (κ3) is 5.19. The number of nitrogens with two attached hydrogens (primary N) is 1. The molecular formula is C16H21ClFN3O4. The third-order valence-electron chi connectivity index (χ3n) is 3.49. The van der Waals surface area contributed by atoms with Crippen LogP contribution in [0.5, 0.6) is 5.88 Å². The van der Waals surface area contributed by atoms with Gasteiger partial charge in [-0.1, -0.05) is 11.6 Å². The van der Waals surface area contributed by atoms with Crippen molar-refractivity contribution in [2.24, 2.45) is 5.73 Å². The molecular weight excluding hydrogens is 353 g/mol. The molecule has 1 aromatic rings. The Hall–Kier alpha value is -2.09. The fraction of sp³-hybridized carbons (Fsp3) is 0.562. The fourth-order valence-corrected chi connectivity index (χ4v) is 2.49. The number of halogens is 2. The molecule has 7 nitrogen and oxygen atoms in total. The topological polar surface area (TPSA) is 94.8 Å². The van der Waals surface area contributed by atoms with Crippen molar-refractivity contribution in [1.29, 1.82) is 0 Å². The number of ether oxygens (including phenoxy) is 2. The summed E-state index contributed by atoms with van der Waals surface area (Å²) in [7, 11) is 0. The van der Waals surface area contributed by atoms with Gasteiger partial charge in [0.2, 0.25) is 5.88 Å². The van der Waals surface area contributed by atoms with Crippen LogP contribution >= 0.6 is 11.6 Å². The molecule has 25 heavy (non-hydrogen) atoms. The summed E-state index contributed by atoms with van der Waals surface area (Å²) >= 11 is 5.80. The predicted molar refractivity (Wildman–Crippen MR) is 89.5 cm³/mol. The van der Waals surface area contributed by atoms with E-state index >= 15 is 0 Å². The van der Waals surface area contributed by atoms with Crippen LogP contribution in [-0.2, 0) is 4.74 Å². The Morgan fingerprint density at radius 2 is 2.08 bits per heavy atom. The largest absolute Gasteiger partial charge is 0.471 e. The number of hydrogen-bond acceptors (Lipinski definition) is 5. The predicted octanol–water partition coefficient (Wildman–Crippen LogP) is 2.56. The van der Waals surface area contributed by atoms with Crippen molar-refractivity contribution in [2.75, 3.05) is 13.1 Å². The van der Waals surface area contributed by atoms with Crippen molar-refractivity contribution in [3.8, 4) is 5.88 Å². The zero-order valence-corrected chi connectivity index (χ0v) is 15.0. The minimum Gasteiger partial charge on any atom is -0.471 e. The molecule has 1 aromatic heterocycles. The number of alkyl halides is 1. The highest BCUT2D eigenvalue weighted by atomic mass is 35.5. The minimum atomic E-state index is -1.47. The number of hydrogen-bond donors (Lipinski definition) is 1. The summed E-state index contributed by atoms with van der Waals surface area (Å²) in [4.78, 5) is 28.6. The highest BCUT2D eigenvalue weighted by Gasteiger charge is 2.35. The number of primary amides is 1. The number of likely N-dealkylation sites (tertiary alicyclic amines) is 1. The molecule has 2 rings (SSSR count). The van der Waals surface area contributed by atoms with E-state index in [1.807, 2.05) is 0 Å². The fourth-order valence-electron chi connectivity index (χ4n) is 2.35. The molecule has 1 fully saturated rings. The Balaban J connectivity index is 2.04. The van der Waals surface area contributed by atoms with E-state index in [1.54, 1.807) is 20.8 Å². The Bertz CT molecular complexity index is 665. The van der Waals surface area contributed by atoms with Gasteiger partial charge in [0.15, 0.2) is 6.17 Å². The second-order valence-electron chi connectivity index (χ2n) is 6.74. The molecule has 2 atom stereocenters. The van der Waals surface area contributed by atoms with Gasteiger partial charge in [-0.25, -0.2) is 14.2 Å². The molecule has 0 saturated carbocycles. The van der Waals surface area contributed by atoms with Crippen molar-refractivity contribution < 1.29 is 23.5 Å². The molecule has 0 aliphatic carbocycles. The van der Waals surface area contributed by atoms with Gasteiger partial charge in [0.05, 0.1) is 6.54 Å². The van der Waals surface area contributed by atoms with E-state index in [1.165, 1.54) is 17.0 Å². The molecule has 138 valence electrons. The van der Waals surface area contributed by atoms with Gasteiger partial charge in [0, 0.05) is 13.0 Å². The number of amides is 2. The summed E-state index contributed by atoms with van der Waals surface area (Å²) in [5.41, 5.74) is 4.62. The van der Waals surface area contributed by atoms with E-state index in [9.17, 15) is 14.0 Å². The van der Waals surface area contributed by atoms with Crippen LogP contribution in [0.25, 0.3) is 0 Å². The number of piperidine rings is 1. The maximum absolute atomic E-state index is 14.5. The molecule has 1 aliphatic rings. The van der Waals surface area contributed by atoms with Crippen LogP contribution in [-0.4, -0.2) is 52.9 Å². The molecule has 0 unspecified atom stereocenters. The molecule has 0 aromatic carbocycles. The maximum Gasteiger partial charge on any atom is 0.410 e. The highest BCUT2D eigenvalue weighted by molar-refractivity contribution is 6.29. The van der Waals surface area contributed by atoms with Crippen LogP contribution in [0.3, 0.4) is 0 Å². The molecule has 2 N–H and O–H groups in total. The Labute approximate surface area is 150 Å². The lowest BCUT2D eigenvalue weighted by Crippen LogP contribution is -2.50. The minimum absolute atomic E-state index is 0.0196.